The number of carbonyl (C=O) groups is 3. The van der Waals surface area contributed by atoms with E-state index in [2.05, 4.69) is 106 Å². The maximum Gasteiger partial charge on any atom is 0.306 e. The molecule has 0 aromatic heterocycles. The Kier molecular flexibility index (Phi) is 68.2. The van der Waals surface area contributed by atoms with Gasteiger partial charge in [0.05, 0.1) is 0 Å². The van der Waals surface area contributed by atoms with E-state index in [4.69, 9.17) is 14.2 Å². The highest BCUT2D eigenvalue weighted by Gasteiger charge is 2.19. The molecule has 0 radical (unpaired) electrons. The molecule has 0 aromatic rings. The molecule has 0 amide bonds. The van der Waals surface area contributed by atoms with E-state index < -0.39 is 6.10 Å². The van der Waals surface area contributed by atoms with E-state index in [0.717, 1.165) is 109 Å². The van der Waals surface area contributed by atoms with Gasteiger partial charge in [-0.1, -0.05) is 337 Å². The number of rotatable bonds is 66. The third kappa shape index (κ3) is 69.3. The minimum Gasteiger partial charge on any atom is -0.462 e. The predicted molar refractivity (Wildman–Crippen MR) is 362 cm³/mol. The first-order chi connectivity index (χ1) is 41.0. The van der Waals surface area contributed by atoms with Crippen LogP contribution in [0.15, 0.2) is 85.1 Å². The average molecular weight is 1160 g/mol. The molecule has 0 aliphatic heterocycles. The van der Waals surface area contributed by atoms with E-state index in [9.17, 15) is 14.4 Å². The van der Waals surface area contributed by atoms with Crippen LogP contribution in [-0.2, 0) is 28.6 Å². The third-order valence-corrected chi connectivity index (χ3v) is 15.9. The van der Waals surface area contributed by atoms with Crippen molar-refractivity contribution in [3.05, 3.63) is 85.1 Å². The van der Waals surface area contributed by atoms with Gasteiger partial charge in [-0.3, -0.25) is 14.4 Å². The number of hydrogen-bond acceptors (Lipinski definition) is 6. The van der Waals surface area contributed by atoms with Crippen LogP contribution in [-0.4, -0.2) is 37.2 Å². The second kappa shape index (κ2) is 71.1. The zero-order valence-electron chi connectivity index (χ0n) is 55.2. The summed E-state index contributed by atoms with van der Waals surface area (Å²) in [5, 5.41) is 0. The number of esters is 3. The molecule has 6 nitrogen and oxygen atoms in total. The minimum absolute atomic E-state index is 0.0764. The van der Waals surface area contributed by atoms with Crippen molar-refractivity contribution in [2.75, 3.05) is 13.2 Å². The summed E-state index contributed by atoms with van der Waals surface area (Å²) < 4.78 is 17.0. The lowest BCUT2D eigenvalue weighted by molar-refractivity contribution is -0.167. The molecule has 0 heterocycles. The van der Waals surface area contributed by atoms with Gasteiger partial charge < -0.3 is 14.2 Å². The lowest BCUT2D eigenvalue weighted by atomic mass is 10.0. The first-order valence-corrected chi connectivity index (χ1v) is 36.1. The van der Waals surface area contributed by atoms with Gasteiger partial charge in [-0.2, -0.15) is 0 Å². The van der Waals surface area contributed by atoms with Gasteiger partial charge in [0.2, 0.25) is 0 Å². The molecule has 0 saturated carbocycles. The van der Waals surface area contributed by atoms with Gasteiger partial charge in [0, 0.05) is 19.3 Å². The zero-order valence-corrected chi connectivity index (χ0v) is 55.2. The van der Waals surface area contributed by atoms with Crippen molar-refractivity contribution < 1.29 is 28.6 Å². The van der Waals surface area contributed by atoms with E-state index in [0.29, 0.717) is 19.3 Å². The quantitative estimate of drug-likeness (QED) is 0.0261. The Bertz CT molecular complexity index is 1570. The van der Waals surface area contributed by atoms with Gasteiger partial charge in [0.25, 0.3) is 0 Å². The molecule has 0 aliphatic rings. The molecule has 0 fully saturated rings. The fraction of sp³-hybridized carbons (Fsp3) is 0.779. The Balaban J connectivity index is 4.22. The smallest absolute Gasteiger partial charge is 0.306 e. The summed E-state index contributed by atoms with van der Waals surface area (Å²) in [6, 6.07) is 0. The summed E-state index contributed by atoms with van der Waals surface area (Å²) in [4.78, 5) is 38.4. The predicted octanol–water partition coefficient (Wildman–Crippen LogP) is 25.0. The van der Waals surface area contributed by atoms with Crippen molar-refractivity contribution in [1.82, 2.24) is 0 Å². The molecule has 0 saturated heterocycles. The molecule has 83 heavy (non-hydrogen) atoms. The van der Waals surface area contributed by atoms with Crippen LogP contribution in [0.1, 0.15) is 367 Å². The van der Waals surface area contributed by atoms with Crippen molar-refractivity contribution in [3.63, 3.8) is 0 Å². The van der Waals surface area contributed by atoms with Crippen LogP contribution in [0.5, 0.6) is 0 Å². The molecule has 1 atom stereocenters. The van der Waals surface area contributed by atoms with Crippen molar-refractivity contribution in [3.8, 4) is 0 Å². The summed E-state index contributed by atoms with van der Waals surface area (Å²) in [6.45, 7) is 6.56. The lowest BCUT2D eigenvalue weighted by Crippen LogP contribution is -2.30. The van der Waals surface area contributed by atoms with Gasteiger partial charge >= 0.3 is 17.9 Å². The van der Waals surface area contributed by atoms with Crippen LogP contribution in [0.2, 0.25) is 0 Å². The van der Waals surface area contributed by atoms with Gasteiger partial charge in [0.1, 0.15) is 13.2 Å². The molecule has 0 rings (SSSR count). The second-order valence-corrected chi connectivity index (χ2v) is 24.1. The van der Waals surface area contributed by atoms with E-state index in [-0.39, 0.29) is 31.1 Å². The first-order valence-electron chi connectivity index (χ1n) is 36.1. The molecule has 480 valence electrons. The van der Waals surface area contributed by atoms with E-state index in [1.54, 1.807) is 0 Å². The van der Waals surface area contributed by atoms with Crippen molar-refractivity contribution in [2.24, 2.45) is 0 Å². The Morgan fingerprint density at radius 3 is 0.735 bits per heavy atom. The van der Waals surface area contributed by atoms with Crippen molar-refractivity contribution in [1.29, 1.82) is 0 Å². The monoisotopic (exact) mass is 1160 g/mol. The largest absolute Gasteiger partial charge is 0.462 e. The second-order valence-electron chi connectivity index (χ2n) is 24.1. The summed E-state index contributed by atoms with van der Waals surface area (Å²) in [5.74, 6) is -0.867. The van der Waals surface area contributed by atoms with Crippen LogP contribution in [0.3, 0.4) is 0 Å². The number of allylic oxidation sites excluding steroid dienone is 14. The minimum atomic E-state index is -0.782. The topological polar surface area (TPSA) is 78.9 Å². The number of ether oxygens (including phenoxy) is 3. The van der Waals surface area contributed by atoms with Crippen LogP contribution < -0.4 is 0 Å². The molecule has 0 aliphatic carbocycles. The summed E-state index contributed by atoms with van der Waals surface area (Å²) in [6.07, 6.45) is 94.7. The van der Waals surface area contributed by atoms with E-state index in [1.165, 1.54) is 218 Å². The Hall–Kier alpha value is -3.41. The highest BCUT2D eigenvalue weighted by Crippen LogP contribution is 2.18. The Morgan fingerprint density at radius 2 is 0.470 bits per heavy atom. The molecule has 0 N–H and O–H groups in total. The maximum atomic E-state index is 12.9. The van der Waals surface area contributed by atoms with Crippen molar-refractivity contribution in [2.45, 2.75) is 374 Å². The number of unbranched alkanes of at least 4 members (excludes halogenated alkanes) is 41. The zero-order chi connectivity index (χ0) is 59.9. The molecule has 6 heteroatoms. The molecular weight excluding hydrogens is 1020 g/mol. The van der Waals surface area contributed by atoms with Crippen LogP contribution >= 0.6 is 0 Å². The van der Waals surface area contributed by atoms with Crippen molar-refractivity contribution >= 4 is 17.9 Å². The normalized spacial score (nSPS) is 12.6. The fourth-order valence-corrected chi connectivity index (χ4v) is 10.5. The lowest BCUT2D eigenvalue weighted by Gasteiger charge is -2.18. The van der Waals surface area contributed by atoms with Gasteiger partial charge in [0.15, 0.2) is 6.10 Å². The summed E-state index contributed by atoms with van der Waals surface area (Å²) in [5.41, 5.74) is 0. The SMILES string of the molecule is CC/C=C\C/C=C\C/C=C\C/C=C\CCCCCCCCCCCCCCCCCCCCC(=O)OCC(COC(=O)CCCCCCCCCCCCCCC)OC(=O)CCCCCCCC/C=C\C/C=C\C/C=C\CCCCCCC. The number of hydrogen-bond donors (Lipinski definition) is 0. The van der Waals surface area contributed by atoms with E-state index in [1.807, 2.05) is 0 Å². The molecular formula is C77H136O6. The fourth-order valence-electron chi connectivity index (χ4n) is 10.5. The van der Waals surface area contributed by atoms with Crippen LogP contribution in [0.25, 0.3) is 0 Å². The first kappa shape index (κ1) is 79.6. The standard InChI is InChI=1S/C77H136O6/c1-4-7-10-13-16-19-22-25-27-29-31-33-34-35-36-37-38-39-40-41-42-44-45-47-49-52-55-58-61-64-67-70-76(79)82-73-74(72-81-75(78)69-66-63-60-57-54-51-24-21-18-15-12-9-6-3)83-77(80)71-68-65-62-59-56-53-50-48-46-43-32-30-28-26-23-20-17-14-11-8-5-2/h7,10,16,19,23,25-27,30-33,46,48,74H,4-6,8-9,11-15,17-18,20-22,24,28-29,34-45,47,49-73H2,1-3H3/b10-7-,19-16-,26-23-,27-25-,32-30-,33-31-,48-46-. The molecule has 0 aromatic carbocycles. The highest BCUT2D eigenvalue weighted by atomic mass is 16.6. The third-order valence-electron chi connectivity index (χ3n) is 15.9. The average Bonchev–Trinajstić information content (AvgIpc) is 3.49. The number of carbonyl (C=O) groups excluding carboxylic acids is 3. The molecule has 1 unspecified atom stereocenters. The molecule has 0 bridgehead atoms. The molecule has 0 spiro atoms. The van der Waals surface area contributed by atoms with Gasteiger partial charge in [-0.25, -0.2) is 0 Å². The van der Waals surface area contributed by atoms with Crippen LogP contribution in [0.4, 0.5) is 0 Å². The Labute approximate surface area is 515 Å². The van der Waals surface area contributed by atoms with E-state index >= 15 is 0 Å². The maximum absolute atomic E-state index is 12.9. The highest BCUT2D eigenvalue weighted by molar-refractivity contribution is 5.71. The summed E-state index contributed by atoms with van der Waals surface area (Å²) in [7, 11) is 0. The summed E-state index contributed by atoms with van der Waals surface area (Å²) >= 11 is 0. The Morgan fingerprint density at radius 1 is 0.253 bits per heavy atom. The van der Waals surface area contributed by atoms with Gasteiger partial charge in [-0.15, -0.1) is 0 Å². The van der Waals surface area contributed by atoms with Crippen LogP contribution in [0, 0.1) is 0 Å². The van der Waals surface area contributed by atoms with Gasteiger partial charge in [-0.05, 0) is 96.3 Å².